The first kappa shape index (κ1) is 17.9. The molecule has 2 rings (SSSR count). The van der Waals surface area contributed by atoms with Gasteiger partial charge in [-0.2, -0.15) is 0 Å². The predicted octanol–water partition coefficient (Wildman–Crippen LogP) is 4.61. The van der Waals surface area contributed by atoms with Crippen LogP contribution in [0.5, 0.6) is 0 Å². The molecule has 2 aromatic carbocycles. The van der Waals surface area contributed by atoms with Crippen molar-refractivity contribution in [3.05, 3.63) is 70.8 Å². The molecule has 2 aromatic rings. The molecule has 0 spiro atoms. The van der Waals surface area contributed by atoms with Gasteiger partial charge in [-0.1, -0.05) is 61.9 Å². The summed E-state index contributed by atoms with van der Waals surface area (Å²) in [5.41, 5.74) is 3.04. The topological polar surface area (TPSA) is 43.4 Å². The van der Waals surface area contributed by atoms with Crippen molar-refractivity contribution < 1.29 is 14.3 Å². The summed E-state index contributed by atoms with van der Waals surface area (Å²) in [4.78, 5) is 25.8. The van der Waals surface area contributed by atoms with Crippen molar-refractivity contribution in [1.82, 2.24) is 0 Å². The summed E-state index contributed by atoms with van der Waals surface area (Å²) < 4.78 is 5.36. The minimum atomic E-state index is -0.914. The Labute approximate surface area is 143 Å². The summed E-state index contributed by atoms with van der Waals surface area (Å²) in [5.74, 6) is -1.58. The van der Waals surface area contributed by atoms with Crippen LogP contribution in [-0.4, -0.2) is 18.4 Å². The van der Waals surface area contributed by atoms with Crippen molar-refractivity contribution >= 4 is 11.8 Å². The van der Waals surface area contributed by atoms with Crippen LogP contribution in [0.1, 0.15) is 52.7 Å². The van der Waals surface area contributed by atoms with Crippen molar-refractivity contribution in [2.24, 2.45) is 0 Å². The van der Waals surface area contributed by atoms with Crippen LogP contribution in [0.2, 0.25) is 0 Å². The molecule has 0 fully saturated rings. The van der Waals surface area contributed by atoms with Crippen LogP contribution < -0.4 is 0 Å². The number of esters is 1. The second-order valence-electron chi connectivity index (χ2n) is 6.00. The first-order valence-electron chi connectivity index (χ1n) is 8.38. The lowest BCUT2D eigenvalue weighted by Gasteiger charge is -2.18. The van der Waals surface area contributed by atoms with Crippen molar-refractivity contribution in [3.63, 3.8) is 0 Å². The van der Waals surface area contributed by atoms with Gasteiger partial charge in [-0.25, -0.2) is 0 Å². The smallest absolute Gasteiger partial charge is 0.321 e. The highest BCUT2D eigenvalue weighted by atomic mass is 16.5. The van der Waals surface area contributed by atoms with E-state index in [-0.39, 0.29) is 5.78 Å². The number of ketones is 1. The number of hydrogen-bond donors (Lipinski definition) is 0. The van der Waals surface area contributed by atoms with E-state index in [9.17, 15) is 9.59 Å². The van der Waals surface area contributed by atoms with Gasteiger partial charge in [-0.3, -0.25) is 9.59 Å². The average molecular weight is 324 g/mol. The second kappa shape index (κ2) is 8.44. The zero-order valence-electron chi connectivity index (χ0n) is 14.5. The Morgan fingerprint density at radius 3 is 2.17 bits per heavy atom. The molecule has 1 atom stereocenters. The van der Waals surface area contributed by atoms with E-state index in [1.54, 1.807) is 12.1 Å². The van der Waals surface area contributed by atoms with E-state index in [0.717, 1.165) is 24.0 Å². The molecule has 0 aliphatic rings. The summed E-state index contributed by atoms with van der Waals surface area (Å²) in [5, 5.41) is 0. The minimum absolute atomic E-state index is 0.196. The molecule has 0 saturated carbocycles. The van der Waals surface area contributed by atoms with E-state index in [0.29, 0.717) is 17.7 Å². The Balaban J connectivity index is 2.39. The van der Waals surface area contributed by atoms with Crippen molar-refractivity contribution in [1.29, 1.82) is 0 Å². The number of rotatable bonds is 7. The molecule has 3 heteroatoms. The molecule has 1 unspecified atom stereocenters. The van der Waals surface area contributed by atoms with E-state index in [4.69, 9.17) is 4.74 Å². The minimum Gasteiger partial charge on any atom is -0.465 e. The van der Waals surface area contributed by atoms with Gasteiger partial charge < -0.3 is 4.74 Å². The summed E-state index contributed by atoms with van der Waals surface area (Å²) >= 11 is 0. The lowest BCUT2D eigenvalue weighted by molar-refractivity contribution is -0.144. The van der Waals surface area contributed by atoms with Crippen LogP contribution in [0.15, 0.2) is 48.5 Å². The van der Waals surface area contributed by atoms with Crippen molar-refractivity contribution in [2.75, 3.05) is 6.61 Å². The van der Waals surface area contributed by atoms with E-state index >= 15 is 0 Å². The molecule has 0 aromatic heterocycles. The predicted molar refractivity (Wildman–Crippen MR) is 95.3 cm³/mol. The number of aryl methyl sites for hydroxylation is 2. The van der Waals surface area contributed by atoms with Gasteiger partial charge in [0.25, 0.3) is 0 Å². The maximum absolute atomic E-state index is 13.2. The monoisotopic (exact) mass is 324 g/mol. The first-order valence-corrected chi connectivity index (χ1v) is 8.38. The fourth-order valence-electron chi connectivity index (χ4n) is 2.79. The van der Waals surface area contributed by atoms with Gasteiger partial charge in [-0.05, 0) is 37.0 Å². The Morgan fingerprint density at radius 1 is 0.958 bits per heavy atom. The Kier molecular flexibility index (Phi) is 6.30. The fraction of sp³-hybridized carbons (Fsp3) is 0.333. The lowest BCUT2D eigenvalue weighted by Crippen LogP contribution is -2.26. The van der Waals surface area contributed by atoms with Crippen LogP contribution in [-0.2, 0) is 9.53 Å². The molecular weight excluding hydrogens is 300 g/mol. The van der Waals surface area contributed by atoms with Gasteiger partial charge in [0.1, 0.15) is 5.92 Å². The Bertz CT molecular complexity index is 684. The molecule has 0 aliphatic heterocycles. The van der Waals surface area contributed by atoms with E-state index in [1.165, 1.54) is 0 Å². The highest BCUT2D eigenvalue weighted by molar-refractivity contribution is 6.14. The van der Waals surface area contributed by atoms with Crippen LogP contribution in [0, 0.1) is 13.8 Å². The van der Waals surface area contributed by atoms with E-state index < -0.39 is 11.9 Å². The maximum Gasteiger partial charge on any atom is 0.321 e. The second-order valence-corrected chi connectivity index (χ2v) is 6.00. The zero-order valence-corrected chi connectivity index (χ0v) is 14.5. The number of carbonyl (C=O) groups is 2. The number of carbonyl (C=O) groups excluding carboxylic acids is 2. The molecule has 3 nitrogen and oxygen atoms in total. The number of Topliss-reactive ketones (excluding diaryl/α,β-unsaturated/α-hetero) is 1. The zero-order chi connectivity index (χ0) is 17.5. The fourth-order valence-corrected chi connectivity index (χ4v) is 2.79. The molecule has 0 heterocycles. The first-order chi connectivity index (χ1) is 11.6. The molecule has 0 aliphatic carbocycles. The van der Waals surface area contributed by atoms with Gasteiger partial charge in [0.15, 0.2) is 5.78 Å². The van der Waals surface area contributed by atoms with Gasteiger partial charge in [0.05, 0.1) is 6.61 Å². The molecule has 126 valence electrons. The third-order valence-electron chi connectivity index (χ3n) is 4.10. The molecule has 0 amide bonds. The number of ether oxygens (including phenoxy) is 1. The maximum atomic E-state index is 13.2. The molecule has 0 N–H and O–H groups in total. The van der Waals surface area contributed by atoms with Crippen LogP contribution in [0.4, 0.5) is 0 Å². The van der Waals surface area contributed by atoms with Crippen molar-refractivity contribution in [3.8, 4) is 0 Å². The number of hydrogen-bond acceptors (Lipinski definition) is 3. The van der Waals surface area contributed by atoms with Gasteiger partial charge >= 0.3 is 5.97 Å². The molecule has 24 heavy (non-hydrogen) atoms. The van der Waals surface area contributed by atoms with Crippen LogP contribution in [0.3, 0.4) is 0 Å². The van der Waals surface area contributed by atoms with Gasteiger partial charge in [-0.15, -0.1) is 0 Å². The Morgan fingerprint density at radius 2 is 1.58 bits per heavy atom. The van der Waals surface area contributed by atoms with Crippen LogP contribution >= 0.6 is 0 Å². The summed E-state index contributed by atoms with van der Waals surface area (Å²) in [6.07, 6.45) is 1.74. The normalized spacial score (nSPS) is 11.8. The third kappa shape index (κ3) is 4.10. The SMILES string of the molecule is CCCCOC(=O)C(C(=O)c1c(C)cccc1C)c1ccccc1. The number of unbranched alkanes of at least 4 members (excludes halogenated alkanes) is 1. The molecule has 0 radical (unpaired) electrons. The van der Waals surface area contributed by atoms with Gasteiger partial charge in [0, 0.05) is 5.56 Å². The molecular formula is C21H24O3. The Hall–Kier alpha value is -2.42. The average Bonchev–Trinajstić information content (AvgIpc) is 2.56. The standard InChI is InChI=1S/C21H24O3/c1-4-5-14-24-21(23)19(17-12-7-6-8-13-17)20(22)18-15(2)10-9-11-16(18)3/h6-13,19H,4-5,14H2,1-3H3. The van der Waals surface area contributed by atoms with Gasteiger partial charge in [0.2, 0.25) is 0 Å². The summed E-state index contributed by atoms with van der Waals surface area (Å²) in [6, 6.07) is 14.8. The van der Waals surface area contributed by atoms with E-state index in [2.05, 4.69) is 0 Å². The molecule has 0 saturated heterocycles. The highest BCUT2D eigenvalue weighted by Crippen LogP contribution is 2.26. The van der Waals surface area contributed by atoms with Crippen molar-refractivity contribution in [2.45, 2.75) is 39.5 Å². The summed E-state index contributed by atoms with van der Waals surface area (Å²) in [7, 11) is 0. The largest absolute Gasteiger partial charge is 0.465 e. The highest BCUT2D eigenvalue weighted by Gasteiger charge is 2.32. The van der Waals surface area contributed by atoms with Crippen LogP contribution in [0.25, 0.3) is 0 Å². The van der Waals surface area contributed by atoms with E-state index in [1.807, 2.05) is 57.2 Å². The molecule has 0 bridgehead atoms. The summed E-state index contributed by atoms with van der Waals surface area (Å²) in [6.45, 7) is 6.17. The lowest BCUT2D eigenvalue weighted by atomic mass is 9.87. The third-order valence-corrected chi connectivity index (χ3v) is 4.10. The number of benzene rings is 2. The quantitative estimate of drug-likeness (QED) is 0.323.